The minimum Gasteiger partial charge on any atom is -0.466 e. The number of hydrazone groups is 1. The van der Waals surface area contributed by atoms with Gasteiger partial charge in [-0.3, -0.25) is 15.3 Å². The first-order valence-electron chi connectivity index (χ1n) is 7.73. The highest BCUT2D eigenvalue weighted by atomic mass is 32.1. The Hall–Kier alpha value is -3.00. The number of carbonyl (C=O) groups excluding carboxylic acids is 1. The number of carbonyl (C=O) groups is 1. The van der Waals surface area contributed by atoms with Crippen LogP contribution >= 0.6 is 11.3 Å². The van der Waals surface area contributed by atoms with Gasteiger partial charge in [0, 0.05) is 17.1 Å². The van der Waals surface area contributed by atoms with Gasteiger partial charge in [-0.2, -0.15) is 10.2 Å². The van der Waals surface area contributed by atoms with E-state index in [1.807, 2.05) is 35.8 Å². The van der Waals surface area contributed by atoms with Gasteiger partial charge in [0.05, 0.1) is 31.1 Å². The Bertz CT molecular complexity index is 858. The van der Waals surface area contributed by atoms with Crippen LogP contribution in [0.4, 0.5) is 5.13 Å². The van der Waals surface area contributed by atoms with Crippen LogP contribution in [-0.4, -0.2) is 34.0 Å². The minimum atomic E-state index is -0.279. The summed E-state index contributed by atoms with van der Waals surface area (Å²) in [6.07, 6.45) is 5.50. The number of rotatable bonds is 7. The Labute approximate surface area is 148 Å². The molecule has 2 heterocycles. The molecule has 1 aromatic carbocycles. The lowest BCUT2D eigenvalue weighted by atomic mass is 10.1. The van der Waals surface area contributed by atoms with Gasteiger partial charge in [0.15, 0.2) is 0 Å². The fourth-order valence-corrected chi connectivity index (χ4v) is 2.83. The van der Waals surface area contributed by atoms with Crippen LogP contribution in [0.1, 0.15) is 18.2 Å². The summed E-state index contributed by atoms with van der Waals surface area (Å²) >= 11 is 1.39. The highest BCUT2D eigenvalue weighted by molar-refractivity contribution is 7.13. The van der Waals surface area contributed by atoms with Crippen molar-refractivity contribution in [1.82, 2.24) is 15.2 Å². The maximum Gasteiger partial charge on any atom is 0.311 e. The number of hydrogen-bond donors (Lipinski definition) is 2. The summed E-state index contributed by atoms with van der Waals surface area (Å²) in [6.45, 7) is 2.15. The van der Waals surface area contributed by atoms with Gasteiger partial charge in [-0.1, -0.05) is 18.2 Å². The normalized spacial score (nSPS) is 10.9. The number of benzene rings is 1. The second-order valence-electron chi connectivity index (χ2n) is 5.11. The fraction of sp³-hybridized carbons (Fsp3) is 0.176. The Kier molecular flexibility index (Phi) is 5.53. The van der Waals surface area contributed by atoms with Crippen LogP contribution in [0.2, 0.25) is 0 Å². The zero-order valence-electron chi connectivity index (χ0n) is 13.6. The molecule has 0 bridgehead atoms. The Morgan fingerprint density at radius 1 is 1.44 bits per heavy atom. The minimum absolute atomic E-state index is 0.169. The molecule has 0 aliphatic rings. The van der Waals surface area contributed by atoms with Gasteiger partial charge in [-0.25, -0.2) is 4.98 Å². The molecule has 25 heavy (non-hydrogen) atoms. The first kappa shape index (κ1) is 16.8. The molecule has 0 amide bonds. The molecule has 3 rings (SSSR count). The molecule has 0 saturated heterocycles. The van der Waals surface area contributed by atoms with Crippen LogP contribution in [0.15, 0.2) is 47.1 Å². The number of esters is 1. The second-order valence-corrected chi connectivity index (χ2v) is 5.97. The SMILES string of the molecule is CCOC(=O)Cc1csc(NN=Cc2cccc(-c3cn[nH]c3)c2)n1. The summed E-state index contributed by atoms with van der Waals surface area (Å²) in [6, 6.07) is 7.95. The number of anilines is 1. The van der Waals surface area contributed by atoms with Crippen molar-refractivity contribution < 1.29 is 9.53 Å². The van der Waals surface area contributed by atoms with Crippen LogP contribution in [0.25, 0.3) is 11.1 Å². The van der Waals surface area contributed by atoms with Gasteiger partial charge in [0.2, 0.25) is 5.13 Å². The number of nitrogens with zero attached hydrogens (tertiary/aromatic N) is 3. The summed E-state index contributed by atoms with van der Waals surface area (Å²) in [5.41, 5.74) is 6.58. The largest absolute Gasteiger partial charge is 0.466 e. The highest BCUT2D eigenvalue weighted by Crippen LogP contribution is 2.18. The quantitative estimate of drug-likeness (QED) is 0.386. The van der Waals surface area contributed by atoms with E-state index >= 15 is 0 Å². The molecule has 7 nitrogen and oxygen atoms in total. The molecule has 3 aromatic rings. The first-order chi connectivity index (χ1) is 12.2. The lowest BCUT2D eigenvalue weighted by Crippen LogP contribution is -2.07. The van der Waals surface area contributed by atoms with E-state index in [0.29, 0.717) is 17.4 Å². The smallest absolute Gasteiger partial charge is 0.311 e. The molecule has 0 atom stereocenters. The van der Waals surface area contributed by atoms with Crippen molar-refractivity contribution in [3.63, 3.8) is 0 Å². The van der Waals surface area contributed by atoms with Crippen LogP contribution in [-0.2, 0) is 16.0 Å². The van der Waals surface area contributed by atoms with E-state index < -0.39 is 0 Å². The number of H-pyrrole nitrogens is 1. The molecule has 0 fully saturated rings. The third-order valence-corrected chi connectivity index (χ3v) is 4.07. The molecule has 0 saturated carbocycles. The number of hydrogen-bond acceptors (Lipinski definition) is 7. The zero-order valence-corrected chi connectivity index (χ0v) is 14.4. The number of nitrogens with one attached hydrogen (secondary N) is 2. The highest BCUT2D eigenvalue weighted by Gasteiger charge is 2.07. The third kappa shape index (κ3) is 4.74. The summed E-state index contributed by atoms with van der Waals surface area (Å²) in [5.74, 6) is -0.279. The third-order valence-electron chi connectivity index (χ3n) is 3.27. The molecule has 0 radical (unpaired) electrons. The van der Waals surface area contributed by atoms with Gasteiger partial charge in [-0.05, 0) is 24.1 Å². The van der Waals surface area contributed by atoms with Gasteiger partial charge < -0.3 is 4.74 Å². The molecule has 0 aliphatic carbocycles. The van der Waals surface area contributed by atoms with Crippen LogP contribution in [0, 0.1) is 0 Å². The van der Waals surface area contributed by atoms with E-state index in [1.165, 1.54) is 11.3 Å². The second kappa shape index (κ2) is 8.20. The van der Waals surface area contributed by atoms with Crippen molar-refractivity contribution in [2.75, 3.05) is 12.0 Å². The molecular weight excluding hydrogens is 338 g/mol. The standard InChI is InChI=1S/C17H17N5O2S/c1-2-24-16(23)7-15-11-25-17(21-15)22-20-8-12-4-3-5-13(6-12)14-9-18-19-10-14/h3-6,8-11H,2,7H2,1H3,(H,18,19)(H,21,22). The predicted octanol–water partition coefficient (Wildman–Crippen LogP) is 3.08. The summed E-state index contributed by atoms with van der Waals surface area (Å²) in [7, 11) is 0. The van der Waals surface area contributed by atoms with Crippen LogP contribution in [0.3, 0.4) is 0 Å². The predicted molar refractivity (Wildman–Crippen MR) is 97.7 cm³/mol. The molecule has 2 N–H and O–H groups in total. The van der Waals surface area contributed by atoms with E-state index in [9.17, 15) is 4.79 Å². The molecule has 0 spiro atoms. The summed E-state index contributed by atoms with van der Waals surface area (Å²) in [5, 5.41) is 13.4. The van der Waals surface area contributed by atoms with Crippen LogP contribution < -0.4 is 5.43 Å². The first-order valence-corrected chi connectivity index (χ1v) is 8.61. The van der Waals surface area contributed by atoms with Crippen LogP contribution in [0.5, 0.6) is 0 Å². The number of aromatic amines is 1. The molecular formula is C17H17N5O2S. The number of thiazole rings is 1. The van der Waals surface area contributed by atoms with E-state index in [2.05, 4.69) is 25.7 Å². The molecule has 128 valence electrons. The van der Waals surface area contributed by atoms with Crippen molar-refractivity contribution in [1.29, 1.82) is 0 Å². The lowest BCUT2D eigenvalue weighted by molar-refractivity contribution is -0.142. The Balaban J connectivity index is 1.59. The van der Waals surface area contributed by atoms with Crippen molar-refractivity contribution in [3.8, 4) is 11.1 Å². The monoisotopic (exact) mass is 355 g/mol. The van der Waals surface area contributed by atoms with E-state index in [-0.39, 0.29) is 12.4 Å². The summed E-state index contributed by atoms with van der Waals surface area (Å²) < 4.78 is 4.90. The molecule has 8 heteroatoms. The maximum atomic E-state index is 11.4. The average molecular weight is 355 g/mol. The van der Waals surface area contributed by atoms with Crippen molar-refractivity contribution in [2.24, 2.45) is 5.10 Å². The van der Waals surface area contributed by atoms with Gasteiger partial charge in [-0.15, -0.1) is 11.3 Å². The van der Waals surface area contributed by atoms with Gasteiger partial charge in [0.25, 0.3) is 0 Å². The van der Waals surface area contributed by atoms with Crippen molar-refractivity contribution >= 4 is 28.7 Å². The summed E-state index contributed by atoms with van der Waals surface area (Å²) in [4.78, 5) is 15.7. The van der Waals surface area contributed by atoms with Crippen molar-refractivity contribution in [2.45, 2.75) is 13.3 Å². The zero-order chi connectivity index (χ0) is 17.5. The van der Waals surface area contributed by atoms with E-state index in [4.69, 9.17) is 4.74 Å². The molecule has 2 aromatic heterocycles. The van der Waals surface area contributed by atoms with E-state index in [0.717, 1.165) is 16.7 Å². The number of ether oxygens (including phenoxy) is 1. The lowest BCUT2D eigenvalue weighted by Gasteiger charge is -1.99. The Morgan fingerprint density at radius 2 is 2.36 bits per heavy atom. The number of aromatic nitrogens is 3. The Morgan fingerprint density at radius 3 is 3.16 bits per heavy atom. The average Bonchev–Trinajstić information content (AvgIpc) is 3.27. The van der Waals surface area contributed by atoms with Crippen molar-refractivity contribution in [3.05, 3.63) is 53.3 Å². The fourth-order valence-electron chi connectivity index (χ4n) is 2.17. The van der Waals surface area contributed by atoms with Gasteiger partial charge >= 0.3 is 5.97 Å². The molecule has 0 unspecified atom stereocenters. The molecule has 0 aliphatic heterocycles. The van der Waals surface area contributed by atoms with Gasteiger partial charge in [0.1, 0.15) is 0 Å². The topological polar surface area (TPSA) is 92.3 Å². The maximum absolute atomic E-state index is 11.4. The van der Waals surface area contributed by atoms with E-state index in [1.54, 1.807) is 19.3 Å².